The van der Waals surface area contributed by atoms with Gasteiger partial charge in [0.25, 0.3) is 0 Å². The molecule has 2 aliphatic rings. The normalized spacial score (nSPS) is 26.6. The third kappa shape index (κ3) is 4.10. The Bertz CT molecular complexity index is 712. The Morgan fingerprint density at radius 1 is 1.46 bits per heavy atom. The number of benzene rings is 1. The van der Waals surface area contributed by atoms with Gasteiger partial charge in [-0.2, -0.15) is 0 Å². The number of ether oxygens (including phenoxy) is 2. The third-order valence-electron chi connectivity index (χ3n) is 5.93. The van der Waals surface area contributed by atoms with Crippen molar-refractivity contribution < 1.29 is 23.5 Å². The molecule has 3 rings (SSSR count). The minimum Gasteiger partial charge on any atom is -0.490 e. The Hall–Kier alpha value is -1.48. The Kier molecular flexibility index (Phi) is 6.43. The summed E-state index contributed by atoms with van der Waals surface area (Å²) >= 11 is 0. The van der Waals surface area contributed by atoms with Crippen LogP contribution in [0.4, 0.5) is 9.80 Å². The summed E-state index contributed by atoms with van der Waals surface area (Å²) in [6.45, 7) is 6.98. The van der Waals surface area contributed by atoms with E-state index in [9.17, 15) is 9.90 Å². The standard InChI is InChI=1S/C20H31FN2O4Si/c1-13-19(26-2)15-11-14(23-9-8-22-12-18(23)25)5-6-16(15)27-20(13)17(7-10-24)28(3,4)21/h5-6,11,13,17,19-20,22,24H,7-10,12H2,1-4H3/t13-,17?,19-,20-/m0/s1. The van der Waals surface area contributed by atoms with Crippen LogP contribution >= 0.6 is 0 Å². The highest BCUT2D eigenvalue weighted by Gasteiger charge is 2.47. The second-order valence-corrected chi connectivity index (χ2v) is 12.1. The van der Waals surface area contributed by atoms with Gasteiger partial charge < -0.3 is 28.9 Å². The highest BCUT2D eigenvalue weighted by atomic mass is 28.4. The number of nitrogens with one attached hydrogen (secondary N) is 1. The van der Waals surface area contributed by atoms with Gasteiger partial charge in [0.2, 0.25) is 14.3 Å². The van der Waals surface area contributed by atoms with Crippen LogP contribution in [0.25, 0.3) is 0 Å². The minimum atomic E-state index is -3.05. The van der Waals surface area contributed by atoms with Crippen LogP contribution in [0.1, 0.15) is 25.0 Å². The van der Waals surface area contributed by atoms with E-state index in [1.165, 1.54) is 0 Å². The van der Waals surface area contributed by atoms with Gasteiger partial charge in [0.05, 0.1) is 12.6 Å². The fourth-order valence-corrected chi connectivity index (χ4v) is 6.42. The second kappa shape index (κ2) is 8.48. The molecule has 1 aromatic rings. The number of aliphatic hydroxyl groups excluding tert-OH is 1. The van der Waals surface area contributed by atoms with Crippen LogP contribution in [0, 0.1) is 5.92 Å². The van der Waals surface area contributed by atoms with Crippen molar-refractivity contribution in [1.82, 2.24) is 5.32 Å². The molecule has 28 heavy (non-hydrogen) atoms. The molecule has 4 atom stereocenters. The van der Waals surface area contributed by atoms with Gasteiger partial charge >= 0.3 is 0 Å². The number of nitrogens with zero attached hydrogens (tertiary/aromatic N) is 1. The number of amides is 1. The maximum absolute atomic E-state index is 15.0. The molecule has 0 saturated carbocycles. The lowest BCUT2D eigenvalue weighted by atomic mass is 9.86. The number of halogens is 1. The van der Waals surface area contributed by atoms with Crippen molar-refractivity contribution in [2.24, 2.45) is 5.92 Å². The Morgan fingerprint density at radius 2 is 2.21 bits per heavy atom. The molecule has 1 fully saturated rings. The summed E-state index contributed by atoms with van der Waals surface area (Å²) in [6.07, 6.45) is -0.240. The van der Waals surface area contributed by atoms with E-state index < -0.39 is 8.41 Å². The van der Waals surface area contributed by atoms with Crippen LogP contribution in [0.2, 0.25) is 18.6 Å². The van der Waals surface area contributed by atoms with Crippen LogP contribution in [0.15, 0.2) is 18.2 Å². The van der Waals surface area contributed by atoms with Gasteiger partial charge in [-0.1, -0.05) is 6.92 Å². The number of carbonyl (C=O) groups excluding carboxylic acids is 1. The summed E-state index contributed by atoms with van der Waals surface area (Å²) in [5, 5.41) is 12.5. The van der Waals surface area contributed by atoms with Crippen molar-refractivity contribution in [2.45, 2.75) is 44.2 Å². The van der Waals surface area contributed by atoms with Crippen LogP contribution in [0.3, 0.4) is 0 Å². The smallest absolute Gasteiger partial charge is 0.247 e. The maximum Gasteiger partial charge on any atom is 0.247 e. The molecule has 0 aromatic heterocycles. The molecule has 6 nitrogen and oxygen atoms in total. The van der Waals surface area contributed by atoms with Crippen molar-refractivity contribution in [3.63, 3.8) is 0 Å². The molecule has 1 saturated heterocycles. The van der Waals surface area contributed by atoms with Crippen LogP contribution < -0.4 is 15.0 Å². The van der Waals surface area contributed by atoms with E-state index in [0.29, 0.717) is 25.3 Å². The average Bonchev–Trinajstić information content (AvgIpc) is 2.65. The molecule has 0 bridgehead atoms. The molecule has 1 amide bonds. The number of rotatable bonds is 6. The number of methoxy groups -OCH3 is 1. The van der Waals surface area contributed by atoms with Crippen molar-refractivity contribution in [3.8, 4) is 5.75 Å². The van der Waals surface area contributed by atoms with Crippen molar-refractivity contribution in [1.29, 1.82) is 0 Å². The molecule has 0 radical (unpaired) electrons. The molecular weight excluding hydrogens is 379 g/mol. The van der Waals surface area contributed by atoms with Crippen molar-refractivity contribution in [3.05, 3.63) is 23.8 Å². The quantitative estimate of drug-likeness (QED) is 0.557. The lowest BCUT2D eigenvalue weighted by Crippen LogP contribution is -2.48. The number of carbonyl (C=O) groups is 1. The zero-order valence-corrected chi connectivity index (χ0v) is 18.1. The van der Waals surface area contributed by atoms with Gasteiger partial charge in [-0.3, -0.25) is 4.79 Å². The minimum absolute atomic E-state index is 0.0380. The first-order chi connectivity index (χ1) is 13.3. The lowest BCUT2D eigenvalue weighted by Gasteiger charge is -2.43. The van der Waals surface area contributed by atoms with E-state index in [1.54, 1.807) is 25.1 Å². The molecule has 156 valence electrons. The molecule has 0 spiro atoms. The molecule has 8 heteroatoms. The zero-order valence-electron chi connectivity index (χ0n) is 17.1. The number of fused-ring (bicyclic) bond motifs is 1. The summed E-state index contributed by atoms with van der Waals surface area (Å²) in [5.41, 5.74) is 1.39. The predicted molar refractivity (Wildman–Crippen MR) is 109 cm³/mol. The van der Waals surface area contributed by atoms with E-state index in [4.69, 9.17) is 9.47 Å². The van der Waals surface area contributed by atoms with Gasteiger partial charge in [-0.25, -0.2) is 0 Å². The first-order valence-corrected chi connectivity index (χ1v) is 12.9. The molecule has 1 unspecified atom stereocenters. The van der Waals surface area contributed by atoms with Gasteiger partial charge in [0.1, 0.15) is 11.9 Å². The molecule has 2 N–H and O–H groups in total. The van der Waals surface area contributed by atoms with E-state index >= 15 is 4.11 Å². The topological polar surface area (TPSA) is 71.0 Å². The van der Waals surface area contributed by atoms with Crippen molar-refractivity contribution >= 4 is 20.0 Å². The van der Waals surface area contributed by atoms with Crippen LogP contribution in [0.5, 0.6) is 5.75 Å². The van der Waals surface area contributed by atoms with Gasteiger partial charge in [-0.15, -0.1) is 0 Å². The lowest BCUT2D eigenvalue weighted by molar-refractivity contribution is -0.118. The number of hydrogen-bond donors (Lipinski definition) is 2. The summed E-state index contributed by atoms with van der Waals surface area (Å²) < 4.78 is 27.1. The Balaban J connectivity index is 1.95. The van der Waals surface area contributed by atoms with E-state index in [2.05, 4.69) is 5.32 Å². The fraction of sp³-hybridized carbons (Fsp3) is 0.650. The SMILES string of the molecule is CO[C@@H]1c2cc(N3CCNCC3=O)ccc2O[C@H](C(CCO)[Si](C)(C)F)[C@H]1C. The largest absolute Gasteiger partial charge is 0.490 e. The number of anilines is 1. The van der Waals surface area contributed by atoms with Gasteiger partial charge in [-0.05, 0) is 37.7 Å². The van der Waals surface area contributed by atoms with E-state index in [0.717, 1.165) is 17.8 Å². The van der Waals surface area contributed by atoms with Crippen LogP contribution in [-0.2, 0) is 9.53 Å². The first-order valence-electron chi connectivity index (χ1n) is 9.92. The van der Waals surface area contributed by atoms with Gasteiger partial charge in [0.15, 0.2) is 0 Å². The van der Waals surface area contributed by atoms with Crippen molar-refractivity contribution in [2.75, 3.05) is 38.3 Å². The van der Waals surface area contributed by atoms with Gasteiger partial charge in [0, 0.05) is 49.5 Å². The Labute approximate surface area is 167 Å². The number of hydrogen-bond acceptors (Lipinski definition) is 5. The summed E-state index contributed by atoms with van der Waals surface area (Å²) in [5.74, 6) is 0.629. The zero-order chi connectivity index (χ0) is 20.5. The monoisotopic (exact) mass is 410 g/mol. The highest BCUT2D eigenvalue weighted by Crippen LogP contribution is 2.48. The Morgan fingerprint density at radius 3 is 2.82 bits per heavy atom. The third-order valence-corrected chi connectivity index (χ3v) is 8.31. The molecular formula is C20H31FN2O4Si. The predicted octanol–water partition coefficient (Wildman–Crippen LogP) is 2.63. The fourth-order valence-electron chi connectivity index (χ4n) is 4.45. The summed E-state index contributed by atoms with van der Waals surface area (Å²) in [6, 6.07) is 5.69. The molecule has 2 heterocycles. The second-order valence-electron chi connectivity index (χ2n) is 8.23. The molecule has 2 aliphatic heterocycles. The van der Waals surface area contributed by atoms with E-state index in [1.807, 2.05) is 25.1 Å². The highest BCUT2D eigenvalue weighted by molar-refractivity contribution is 6.72. The number of piperazine rings is 1. The number of aliphatic hydroxyl groups is 1. The molecule has 0 aliphatic carbocycles. The van der Waals surface area contributed by atoms with E-state index in [-0.39, 0.29) is 36.2 Å². The molecule has 1 aromatic carbocycles. The van der Waals surface area contributed by atoms with Crippen LogP contribution in [-0.4, -0.2) is 58.9 Å². The first kappa shape index (κ1) is 21.2. The maximum atomic E-state index is 15.0. The summed E-state index contributed by atoms with van der Waals surface area (Å²) in [4.78, 5) is 14.0. The average molecular weight is 411 g/mol. The summed E-state index contributed by atoms with van der Waals surface area (Å²) in [7, 11) is -1.40.